The first kappa shape index (κ1) is 19.2. The van der Waals surface area contributed by atoms with Crippen LogP contribution in [-0.2, 0) is 11.2 Å². The minimum absolute atomic E-state index is 0.444. The average molecular weight is 363 g/mol. The number of furan rings is 1. The summed E-state index contributed by atoms with van der Waals surface area (Å²) >= 11 is 0. The predicted octanol–water partition coefficient (Wildman–Crippen LogP) is 2.27. The van der Waals surface area contributed by atoms with Crippen molar-refractivity contribution >= 4 is 5.96 Å². The van der Waals surface area contributed by atoms with Gasteiger partial charge >= 0.3 is 0 Å². The lowest BCUT2D eigenvalue weighted by Crippen LogP contribution is -2.45. The highest BCUT2D eigenvalue weighted by atomic mass is 16.5. The van der Waals surface area contributed by atoms with Gasteiger partial charge in [0.15, 0.2) is 5.96 Å². The molecule has 1 aliphatic carbocycles. The molecule has 0 spiro atoms. The van der Waals surface area contributed by atoms with Crippen molar-refractivity contribution in [1.29, 1.82) is 0 Å². The van der Waals surface area contributed by atoms with Gasteiger partial charge in [-0.2, -0.15) is 0 Å². The second kappa shape index (κ2) is 9.97. The van der Waals surface area contributed by atoms with E-state index < -0.39 is 0 Å². The Hall–Kier alpha value is -1.53. The maximum Gasteiger partial charge on any atom is 0.191 e. The van der Waals surface area contributed by atoms with Crippen molar-refractivity contribution in [3.63, 3.8) is 0 Å². The van der Waals surface area contributed by atoms with Gasteiger partial charge in [-0.25, -0.2) is 0 Å². The zero-order chi connectivity index (χ0) is 18.1. The standard InChI is InChI=1S/C20H34N4O2/c1-2-20(7-4-8-20)17-23-19(21-9-6-18-5-3-14-26-18)22-10-11-24-12-15-25-16-13-24/h3,5,14H,2,4,6-13,15-17H2,1H3,(H2,21,22,23). The minimum atomic E-state index is 0.444. The van der Waals surface area contributed by atoms with Gasteiger partial charge < -0.3 is 19.8 Å². The monoisotopic (exact) mass is 362 g/mol. The van der Waals surface area contributed by atoms with Crippen molar-refractivity contribution in [3.8, 4) is 0 Å². The van der Waals surface area contributed by atoms with Gasteiger partial charge in [-0.05, 0) is 36.8 Å². The third-order valence-corrected chi connectivity index (χ3v) is 5.80. The molecular formula is C20H34N4O2. The first-order chi connectivity index (χ1) is 12.8. The van der Waals surface area contributed by atoms with Crippen LogP contribution in [-0.4, -0.2) is 63.3 Å². The largest absolute Gasteiger partial charge is 0.469 e. The van der Waals surface area contributed by atoms with E-state index in [-0.39, 0.29) is 0 Å². The van der Waals surface area contributed by atoms with E-state index in [9.17, 15) is 0 Å². The molecule has 1 aromatic rings. The van der Waals surface area contributed by atoms with Gasteiger partial charge in [-0.3, -0.25) is 9.89 Å². The zero-order valence-electron chi connectivity index (χ0n) is 16.1. The number of hydrogen-bond donors (Lipinski definition) is 2. The highest BCUT2D eigenvalue weighted by molar-refractivity contribution is 5.79. The van der Waals surface area contributed by atoms with Crippen molar-refractivity contribution in [2.75, 3.05) is 52.5 Å². The highest BCUT2D eigenvalue weighted by Gasteiger charge is 2.34. The Kier molecular flexibility index (Phi) is 7.38. The van der Waals surface area contributed by atoms with Crippen LogP contribution in [0, 0.1) is 5.41 Å². The fourth-order valence-corrected chi connectivity index (χ4v) is 3.64. The van der Waals surface area contributed by atoms with Gasteiger partial charge in [0.25, 0.3) is 0 Å². The average Bonchev–Trinajstić information content (AvgIpc) is 3.15. The quantitative estimate of drug-likeness (QED) is 0.521. The molecule has 1 saturated carbocycles. The SMILES string of the molecule is CCC1(CN=C(NCCc2ccco2)NCCN2CCOCC2)CCC1. The maximum atomic E-state index is 5.42. The normalized spacial score (nSPS) is 20.6. The molecule has 2 N–H and O–H groups in total. The van der Waals surface area contributed by atoms with E-state index in [1.807, 2.05) is 12.1 Å². The Bertz CT molecular complexity index is 529. The van der Waals surface area contributed by atoms with Crippen LogP contribution in [0.15, 0.2) is 27.8 Å². The van der Waals surface area contributed by atoms with Crippen molar-refractivity contribution in [2.24, 2.45) is 10.4 Å². The Morgan fingerprint density at radius 3 is 2.69 bits per heavy atom. The van der Waals surface area contributed by atoms with Crippen molar-refractivity contribution in [3.05, 3.63) is 24.2 Å². The van der Waals surface area contributed by atoms with E-state index in [2.05, 4.69) is 22.5 Å². The number of ether oxygens (including phenoxy) is 1. The molecule has 1 saturated heterocycles. The third kappa shape index (κ3) is 5.74. The first-order valence-electron chi connectivity index (χ1n) is 10.1. The van der Waals surface area contributed by atoms with Crippen molar-refractivity contribution in [2.45, 2.75) is 39.0 Å². The summed E-state index contributed by atoms with van der Waals surface area (Å²) in [6.45, 7) is 9.74. The molecule has 6 nitrogen and oxygen atoms in total. The van der Waals surface area contributed by atoms with E-state index >= 15 is 0 Å². The first-order valence-corrected chi connectivity index (χ1v) is 10.1. The molecular weight excluding hydrogens is 328 g/mol. The molecule has 0 aromatic carbocycles. The molecule has 0 bridgehead atoms. The summed E-state index contributed by atoms with van der Waals surface area (Å²) in [4.78, 5) is 7.35. The fraction of sp³-hybridized carbons (Fsp3) is 0.750. The van der Waals surface area contributed by atoms with Crippen LogP contribution < -0.4 is 10.6 Å². The van der Waals surface area contributed by atoms with Gasteiger partial charge in [0, 0.05) is 45.7 Å². The summed E-state index contributed by atoms with van der Waals surface area (Å²) in [6.07, 6.45) is 7.82. The second-order valence-electron chi connectivity index (χ2n) is 7.51. The molecule has 2 aliphatic rings. The van der Waals surface area contributed by atoms with Crippen molar-refractivity contribution < 1.29 is 9.15 Å². The molecule has 2 heterocycles. The predicted molar refractivity (Wildman–Crippen MR) is 105 cm³/mol. The lowest BCUT2D eigenvalue weighted by molar-refractivity contribution is 0.0389. The number of nitrogens with one attached hydrogen (secondary N) is 2. The van der Waals surface area contributed by atoms with Crippen LogP contribution >= 0.6 is 0 Å². The van der Waals surface area contributed by atoms with E-state index in [1.54, 1.807) is 6.26 Å². The number of rotatable bonds is 9. The number of nitrogens with zero attached hydrogens (tertiary/aromatic N) is 2. The summed E-state index contributed by atoms with van der Waals surface area (Å²) in [5.41, 5.74) is 0.444. The molecule has 2 fully saturated rings. The maximum absolute atomic E-state index is 5.42. The van der Waals surface area contributed by atoms with E-state index in [0.717, 1.165) is 70.6 Å². The molecule has 1 aromatic heterocycles. The number of morpholine rings is 1. The van der Waals surface area contributed by atoms with E-state index in [0.29, 0.717) is 5.41 Å². The molecule has 0 amide bonds. The zero-order valence-corrected chi connectivity index (χ0v) is 16.1. The van der Waals surface area contributed by atoms with Gasteiger partial charge in [0.2, 0.25) is 0 Å². The van der Waals surface area contributed by atoms with Gasteiger partial charge in [-0.1, -0.05) is 13.3 Å². The number of guanidine groups is 1. The third-order valence-electron chi connectivity index (χ3n) is 5.80. The van der Waals surface area contributed by atoms with Crippen molar-refractivity contribution in [1.82, 2.24) is 15.5 Å². The second-order valence-corrected chi connectivity index (χ2v) is 7.51. The van der Waals surface area contributed by atoms with Crippen LogP contribution in [0.1, 0.15) is 38.4 Å². The molecule has 1 aliphatic heterocycles. The number of aliphatic imine (C=N–C) groups is 1. The lowest BCUT2D eigenvalue weighted by Gasteiger charge is -2.40. The van der Waals surface area contributed by atoms with Crippen LogP contribution in [0.3, 0.4) is 0 Å². The van der Waals surface area contributed by atoms with E-state index in [1.165, 1.54) is 25.7 Å². The molecule has 3 rings (SSSR count). The minimum Gasteiger partial charge on any atom is -0.469 e. The molecule has 26 heavy (non-hydrogen) atoms. The van der Waals surface area contributed by atoms with Gasteiger partial charge in [0.05, 0.1) is 19.5 Å². The molecule has 6 heteroatoms. The molecule has 0 unspecified atom stereocenters. The molecule has 0 atom stereocenters. The summed E-state index contributed by atoms with van der Waals surface area (Å²) < 4.78 is 10.8. The smallest absolute Gasteiger partial charge is 0.191 e. The topological polar surface area (TPSA) is 62.0 Å². The summed E-state index contributed by atoms with van der Waals surface area (Å²) in [5, 5.41) is 6.99. The van der Waals surface area contributed by atoms with Crippen LogP contribution in [0.5, 0.6) is 0 Å². The Morgan fingerprint density at radius 2 is 2.04 bits per heavy atom. The number of hydrogen-bond acceptors (Lipinski definition) is 4. The van der Waals surface area contributed by atoms with Gasteiger partial charge in [-0.15, -0.1) is 0 Å². The van der Waals surface area contributed by atoms with Crippen LogP contribution in [0.25, 0.3) is 0 Å². The Labute approximate surface area is 157 Å². The fourth-order valence-electron chi connectivity index (χ4n) is 3.64. The Morgan fingerprint density at radius 1 is 1.23 bits per heavy atom. The summed E-state index contributed by atoms with van der Waals surface area (Å²) in [6, 6.07) is 3.96. The Balaban J connectivity index is 1.46. The lowest BCUT2D eigenvalue weighted by atomic mass is 9.67. The highest BCUT2D eigenvalue weighted by Crippen LogP contribution is 2.43. The molecule has 146 valence electrons. The van der Waals surface area contributed by atoms with Gasteiger partial charge in [0.1, 0.15) is 5.76 Å². The summed E-state index contributed by atoms with van der Waals surface area (Å²) in [7, 11) is 0. The summed E-state index contributed by atoms with van der Waals surface area (Å²) in [5.74, 6) is 1.94. The van der Waals surface area contributed by atoms with Crippen LogP contribution in [0.2, 0.25) is 0 Å². The molecule has 0 radical (unpaired) electrons. The van der Waals surface area contributed by atoms with Crippen LogP contribution in [0.4, 0.5) is 0 Å². The van der Waals surface area contributed by atoms with E-state index in [4.69, 9.17) is 14.1 Å².